The molecule has 70 valence electrons. The van der Waals surface area contributed by atoms with Gasteiger partial charge >= 0.3 is 0 Å². The van der Waals surface area contributed by atoms with Gasteiger partial charge in [0.2, 0.25) is 0 Å². The zero-order valence-corrected chi connectivity index (χ0v) is 8.78. The zero-order chi connectivity index (χ0) is 9.42. The second-order valence-corrected chi connectivity index (χ2v) is 4.24. The van der Waals surface area contributed by atoms with Crippen molar-refractivity contribution in [2.45, 2.75) is 26.2 Å². The molecule has 1 aromatic rings. The molecule has 1 atom stereocenters. The highest BCUT2D eigenvalue weighted by atomic mass is 35.5. The van der Waals surface area contributed by atoms with Crippen LogP contribution in [0.3, 0.4) is 0 Å². The van der Waals surface area contributed by atoms with Gasteiger partial charge in [-0.25, -0.2) is 0 Å². The molecule has 1 aromatic carbocycles. The van der Waals surface area contributed by atoms with Crippen LogP contribution in [0.1, 0.15) is 30.4 Å². The highest BCUT2D eigenvalue weighted by Gasteiger charge is 2.17. The number of halogens is 1. The summed E-state index contributed by atoms with van der Waals surface area (Å²) in [6.07, 6.45) is 1.20. The van der Waals surface area contributed by atoms with Crippen molar-refractivity contribution in [2.75, 3.05) is 11.9 Å². The lowest BCUT2D eigenvalue weighted by atomic mass is 9.91. The zero-order valence-electron chi connectivity index (χ0n) is 8.02. The van der Waals surface area contributed by atoms with Crippen LogP contribution in [0.5, 0.6) is 0 Å². The third kappa shape index (κ3) is 1.53. The first kappa shape index (κ1) is 8.89. The summed E-state index contributed by atoms with van der Waals surface area (Å²) in [6.45, 7) is 5.45. The fourth-order valence-corrected chi connectivity index (χ4v) is 2.25. The van der Waals surface area contributed by atoms with Gasteiger partial charge in [-0.2, -0.15) is 0 Å². The lowest BCUT2D eigenvalue weighted by molar-refractivity contribution is 0.682. The Morgan fingerprint density at radius 1 is 1.46 bits per heavy atom. The summed E-state index contributed by atoms with van der Waals surface area (Å²) in [5.41, 5.74) is 3.92. The normalized spacial score (nSPS) is 20.7. The monoisotopic (exact) mass is 195 g/mol. The van der Waals surface area contributed by atoms with Gasteiger partial charge in [0.25, 0.3) is 0 Å². The summed E-state index contributed by atoms with van der Waals surface area (Å²) in [4.78, 5) is 0. The average Bonchev–Trinajstić information content (AvgIpc) is 2.07. The molecule has 0 spiro atoms. The molecule has 1 N–H and O–H groups in total. The van der Waals surface area contributed by atoms with Gasteiger partial charge in [-0.1, -0.05) is 18.5 Å². The third-order valence-corrected chi connectivity index (χ3v) is 2.96. The van der Waals surface area contributed by atoms with Crippen molar-refractivity contribution in [2.24, 2.45) is 0 Å². The smallest absolute Gasteiger partial charge is 0.0412 e. The van der Waals surface area contributed by atoms with E-state index in [0.717, 1.165) is 11.6 Å². The molecule has 1 aliphatic rings. The van der Waals surface area contributed by atoms with Crippen molar-refractivity contribution in [3.63, 3.8) is 0 Å². The largest absolute Gasteiger partial charge is 0.385 e. The van der Waals surface area contributed by atoms with E-state index in [1.807, 2.05) is 6.07 Å². The molecule has 0 bridgehead atoms. The minimum Gasteiger partial charge on any atom is -0.385 e. The van der Waals surface area contributed by atoms with Crippen LogP contribution in [-0.2, 0) is 0 Å². The summed E-state index contributed by atoms with van der Waals surface area (Å²) in [6, 6.07) is 4.10. The molecular weight excluding hydrogens is 182 g/mol. The van der Waals surface area contributed by atoms with Crippen molar-refractivity contribution >= 4 is 17.3 Å². The molecule has 0 amide bonds. The standard InChI is InChI=1S/C11H14ClN/c1-7-3-4-13-11-8(2)5-9(12)6-10(7)11/h5-7,13H,3-4H2,1-2H3/t7-/m0/s1. The van der Waals surface area contributed by atoms with Gasteiger partial charge in [0.05, 0.1) is 0 Å². The summed E-state index contributed by atoms with van der Waals surface area (Å²) >= 11 is 6.02. The fraction of sp³-hybridized carbons (Fsp3) is 0.455. The highest BCUT2D eigenvalue weighted by molar-refractivity contribution is 6.30. The van der Waals surface area contributed by atoms with Gasteiger partial charge in [-0.15, -0.1) is 0 Å². The predicted octanol–water partition coefficient (Wildman–Crippen LogP) is 3.57. The first-order valence-corrected chi connectivity index (χ1v) is 5.10. The minimum absolute atomic E-state index is 0.633. The van der Waals surface area contributed by atoms with Gasteiger partial charge in [0.15, 0.2) is 0 Å². The van der Waals surface area contributed by atoms with Crippen molar-refractivity contribution in [1.82, 2.24) is 0 Å². The van der Waals surface area contributed by atoms with Gasteiger partial charge in [0, 0.05) is 17.3 Å². The number of hydrogen-bond acceptors (Lipinski definition) is 1. The molecule has 0 saturated carbocycles. The topological polar surface area (TPSA) is 12.0 Å². The van der Waals surface area contributed by atoms with E-state index in [1.165, 1.54) is 23.2 Å². The molecule has 13 heavy (non-hydrogen) atoms. The molecule has 0 radical (unpaired) electrons. The van der Waals surface area contributed by atoms with Gasteiger partial charge in [-0.05, 0) is 42.5 Å². The summed E-state index contributed by atoms with van der Waals surface area (Å²) in [5.74, 6) is 0.633. The molecule has 0 fully saturated rings. The van der Waals surface area contributed by atoms with E-state index < -0.39 is 0 Å². The van der Waals surface area contributed by atoms with E-state index in [-0.39, 0.29) is 0 Å². The molecule has 2 heteroatoms. The molecule has 1 nitrogen and oxygen atoms in total. The second kappa shape index (κ2) is 3.22. The van der Waals surface area contributed by atoms with Crippen LogP contribution < -0.4 is 5.32 Å². The number of rotatable bonds is 0. The second-order valence-electron chi connectivity index (χ2n) is 3.80. The van der Waals surface area contributed by atoms with E-state index in [1.54, 1.807) is 0 Å². The first-order valence-electron chi connectivity index (χ1n) is 4.72. The molecule has 0 aliphatic carbocycles. The Balaban J connectivity index is 2.56. The van der Waals surface area contributed by atoms with Crippen LogP contribution in [0, 0.1) is 6.92 Å². The number of anilines is 1. The number of benzene rings is 1. The van der Waals surface area contributed by atoms with Gasteiger partial charge in [-0.3, -0.25) is 0 Å². The van der Waals surface area contributed by atoms with E-state index in [0.29, 0.717) is 5.92 Å². The lowest BCUT2D eigenvalue weighted by Gasteiger charge is -2.25. The molecule has 0 saturated heterocycles. The lowest BCUT2D eigenvalue weighted by Crippen LogP contribution is -2.15. The van der Waals surface area contributed by atoms with Crippen molar-refractivity contribution in [3.8, 4) is 0 Å². The minimum atomic E-state index is 0.633. The Kier molecular flexibility index (Phi) is 2.20. The number of hydrogen-bond donors (Lipinski definition) is 1. The number of aryl methyl sites for hydroxylation is 1. The Hall–Kier alpha value is -0.690. The predicted molar refractivity (Wildman–Crippen MR) is 57.7 cm³/mol. The fourth-order valence-electron chi connectivity index (χ4n) is 1.97. The highest BCUT2D eigenvalue weighted by Crippen LogP contribution is 2.35. The molecule has 1 heterocycles. The van der Waals surface area contributed by atoms with E-state index in [4.69, 9.17) is 11.6 Å². The number of nitrogens with one attached hydrogen (secondary N) is 1. The molecule has 2 rings (SSSR count). The molecular formula is C11H14ClN. The van der Waals surface area contributed by atoms with Crippen LogP contribution in [0.25, 0.3) is 0 Å². The number of fused-ring (bicyclic) bond motifs is 1. The van der Waals surface area contributed by atoms with E-state index >= 15 is 0 Å². The Labute approximate surface area is 84.1 Å². The third-order valence-electron chi connectivity index (χ3n) is 2.74. The van der Waals surface area contributed by atoms with Crippen LogP contribution in [0.2, 0.25) is 5.02 Å². The van der Waals surface area contributed by atoms with Gasteiger partial charge in [0.1, 0.15) is 0 Å². The van der Waals surface area contributed by atoms with E-state index in [9.17, 15) is 0 Å². The Bertz CT molecular complexity index is 333. The Morgan fingerprint density at radius 2 is 2.23 bits per heavy atom. The van der Waals surface area contributed by atoms with Crippen LogP contribution >= 0.6 is 11.6 Å². The first-order chi connectivity index (χ1) is 6.18. The van der Waals surface area contributed by atoms with Crippen LogP contribution in [-0.4, -0.2) is 6.54 Å². The summed E-state index contributed by atoms with van der Waals surface area (Å²) in [7, 11) is 0. The Morgan fingerprint density at radius 3 is 3.00 bits per heavy atom. The maximum atomic E-state index is 6.02. The van der Waals surface area contributed by atoms with Crippen LogP contribution in [0.4, 0.5) is 5.69 Å². The molecule has 0 unspecified atom stereocenters. The van der Waals surface area contributed by atoms with Crippen molar-refractivity contribution < 1.29 is 0 Å². The quantitative estimate of drug-likeness (QED) is 0.668. The molecule has 0 aromatic heterocycles. The van der Waals surface area contributed by atoms with Gasteiger partial charge < -0.3 is 5.32 Å². The SMILES string of the molecule is Cc1cc(Cl)cc2c1NCC[C@@H]2C. The maximum Gasteiger partial charge on any atom is 0.0412 e. The summed E-state index contributed by atoms with van der Waals surface area (Å²) in [5, 5.41) is 4.28. The van der Waals surface area contributed by atoms with Crippen molar-refractivity contribution in [3.05, 3.63) is 28.3 Å². The van der Waals surface area contributed by atoms with Crippen molar-refractivity contribution in [1.29, 1.82) is 0 Å². The molecule has 1 aliphatic heterocycles. The average molecular weight is 196 g/mol. The summed E-state index contributed by atoms with van der Waals surface area (Å²) < 4.78 is 0. The van der Waals surface area contributed by atoms with E-state index in [2.05, 4.69) is 25.2 Å². The maximum absolute atomic E-state index is 6.02. The van der Waals surface area contributed by atoms with Crippen LogP contribution in [0.15, 0.2) is 12.1 Å².